The lowest BCUT2D eigenvalue weighted by molar-refractivity contribution is -0.120. The number of nitrogens with zero attached hydrogens (tertiary/aromatic N) is 2. The van der Waals surface area contributed by atoms with Gasteiger partial charge in [0.2, 0.25) is 0 Å². The van der Waals surface area contributed by atoms with Crippen molar-refractivity contribution in [3.8, 4) is 0 Å². The minimum Gasteiger partial charge on any atom is -0.312 e. The van der Waals surface area contributed by atoms with Crippen LogP contribution in [0.2, 0.25) is 5.02 Å². The first-order chi connectivity index (χ1) is 14.5. The maximum Gasteiger partial charge on any atom is 0.267 e. The van der Waals surface area contributed by atoms with E-state index < -0.39 is 6.17 Å². The fraction of sp³-hybridized carbons (Fsp3) is 0.0870. The summed E-state index contributed by atoms with van der Waals surface area (Å²) >= 11 is 6.24. The number of halogens is 1. The van der Waals surface area contributed by atoms with Gasteiger partial charge >= 0.3 is 0 Å². The van der Waals surface area contributed by atoms with E-state index in [0.717, 1.165) is 11.1 Å². The van der Waals surface area contributed by atoms with Crippen molar-refractivity contribution in [2.24, 2.45) is 4.99 Å². The van der Waals surface area contributed by atoms with Crippen molar-refractivity contribution in [3.63, 3.8) is 0 Å². The van der Waals surface area contributed by atoms with Crippen LogP contribution < -0.4 is 15.8 Å². The number of rotatable bonds is 4. The number of hydrazine groups is 1. The van der Waals surface area contributed by atoms with Crippen molar-refractivity contribution >= 4 is 34.8 Å². The smallest absolute Gasteiger partial charge is 0.267 e. The number of likely N-dealkylation sites (N-methyl/N-ethyl adjacent to an activating group) is 1. The molecule has 1 aliphatic heterocycles. The van der Waals surface area contributed by atoms with E-state index in [4.69, 9.17) is 11.6 Å². The van der Waals surface area contributed by atoms with Crippen LogP contribution in [0.4, 0.5) is 5.69 Å². The zero-order valence-corrected chi connectivity index (χ0v) is 16.9. The monoisotopic (exact) mass is 418 g/mol. The number of carbonyl (C=O) groups is 2. The van der Waals surface area contributed by atoms with E-state index in [0.29, 0.717) is 22.0 Å². The molecule has 1 atom stereocenters. The van der Waals surface area contributed by atoms with E-state index >= 15 is 0 Å². The van der Waals surface area contributed by atoms with Crippen LogP contribution in [0.3, 0.4) is 0 Å². The van der Waals surface area contributed by atoms with E-state index in [-0.39, 0.29) is 11.8 Å². The summed E-state index contributed by atoms with van der Waals surface area (Å²) in [4.78, 5) is 31.7. The number of nitrogens with one attached hydrogen (secondary N) is 2. The van der Waals surface area contributed by atoms with Gasteiger partial charge in [0.15, 0.2) is 6.17 Å². The molecule has 0 radical (unpaired) electrons. The molecule has 150 valence electrons. The number of aliphatic imine (C=N–C) groups is 1. The Morgan fingerprint density at radius 2 is 1.67 bits per heavy atom. The van der Waals surface area contributed by atoms with Gasteiger partial charge in [0.25, 0.3) is 11.8 Å². The lowest BCUT2D eigenvalue weighted by Crippen LogP contribution is -2.51. The minimum atomic E-state index is -1.01. The molecular weight excluding hydrogens is 400 g/mol. The SMILES string of the molecule is CN1C(=O)C(NNC(=O)c2ccccc2)N=C(c2ccccc2)c2cc(Cl)ccc21. The van der Waals surface area contributed by atoms with Crippen molar-refractivity contribution in [1.82, 2.24) is 10.9 Å². The Morgan fingerprint density at radius 1 is 1.00 bits per heavy atom. The number of amides is 2. The molecule has 2 N–H and O–H groups in total. The highest BCUT2D eigenvalue weighted by molar-refractivity contribution is 6.32. The van der Waals surface area contributed by atoms with Gasteiger partial charge in [-0.2, -0.15) is 0 Å². The van der Waals surface area contributed by atoms with Gasteiger partial charge < -0.3 is 4.90 Å². The van der Waals surface area contributed by atoms with Gasteiger partial charge in [0, 0.05) is 28.8 Å². The minimum absolute atomic E-state index is 0.308. The Labute approximate surface area is 179 Å². The van der Waals surface area contributed by atoms with E-state index in [1.165, 1.54) is 4.90 Å². The van der Waals surface area contributed by atoms with Gasteiger partial charge in [0.05, 0.1) is 11.4 Å². The first-order valence-corrected chi connectivity index (χ1v) is 9.74. The van der Waals surface area contributed by atoms with Gasteiger partial charge in [-0.3, -0.25) is 20.0 Å². The number of fused-ring (bicyclic) bond motifs is 1. The van der Waals surface area contributed by atoms with Crippen LogP contribution in [0.25, 0.3) is 0 Å². The number of benzene rings is 3. The Kier molecular flexibility index (Phi) is 5.61. The molecule has 1 aliphatic rings. The normalized spacial score (nSPS) is 15.8. The van der Waals surface area contributed by atoms with Crippen molar-refractivity contribution in [2.75, 3.05) is 11.9 Å². The predicted molar refractivity (Wildman–Crippen MR) is 118 cm³/mol. The summed E-state index contributed by atoms with van der Waals surface area (Å²) in [5.74, 6) is -0.662. The Hall–Kier alpha value is -3.48. The van der Waals surface area contributed by atoms with Gasteiger partial charge in [-0.25, -0.2) is 5.43 Å². The highest BCUT2D eigenvalue weighted by atomic mass is 35.5. The van der Waals surface area contributed by atoms with E-state index in [1.807, 2.05) is 36.4 Å². The fourth-order valence-corrected chi connectivity index (χ4v) is 3.43. The zero-order chi connectivity index (χ0) is 21.1. The van der Waals surface area contributed by atoms with E-state index in [1.54, 1.807) is 49.5 Å². The molecule has 30 heavy (non-hydrogen) atoms. The highest BCUT2D eigenvalue weighted by Gasteiger charge is 2.30. The molecule has 1 unspecified atom stereocenters. The second kappa shape index (κ2) is 8.49. The first-order valence-electron chi connectivity index (χ1n) is 9.36. The van der Waals surface area contributed by atoms with Gasteiger partial charge in [-0.15, -0.1) is 0 Å². The molecule has 1 heterocycles. The summed E-state index contributed by atoms with van der Waals surface area (Å²) in [6.45, 7) is 0. The molecular formula is C23H19ClN4O2. The van der Waals surface area contributed by atoms with Crippen molar-refractivity contribution in [1.29, 1.82) is 0 Å². The molecule has 4 rings (SSSR count). The standard InChI is InChI=1S/C23H19ClN4O2/c1-28-19-13-12-17(24)14-18(19)20(15-8-4-2-5-9-15)25-21(23(28)30)26-27-22(29)16-10-6-3-7-11-16/h2-14,21,26H,1H3,(H,27,29). The molecule has 2 amide bonds. The van der Waals surface area contributed by atoms with Crippen LogP contribution in [0, 0.1) is 0 Å². The third-order valence-electron chi connectivity index (χ3n) is 4.80. The van der Waals surface area contributed by atoms with E-state index in [9.17, 15) is 9.59 Å². The van der Waals surface area contributed by atoms with Crippen LogP contribution in [0.5, 0.6) is 0 Å². The average Bonchev–Trinajstić information content (AvgIpc) is 2.88. The molecule has 7 heteroatoms. The van der Waals surface area contributed by atoms with Crippen LogP contribution in [0.15, 0.2) is 83.9 Å². The third kappa shape index (κ3) is 3.96. The summed E-state index contributed by atoms with van der Waals surface area (Å²) in [6.07, 6.45) is -1.01. The van der Waals surface area contributed by atoms with Gasteiger partial charge in [-0.1, -0.05) is 60.1 Å². The number of anilines is 1. The lowest BCUT2D eigenvalue weighted by atomic mass is 10.0. The largest absolute Gasteiger partial charge is 0.312 e. The summed E-state index contributed by atoms with van der Waals surface area (Å²) < 4.78 is 0. The molecule has 0 saturated carbocycles. The van der Waals surface area contributed by atoms with Crippen LogP contribution in [-0.2, 0) is 4.79 Å². The van der Waals surface area contributed by atoms with Crippen LogP contribution >= 0.6 is 11.6 Å². The molecule has 3 aromatic carbocycles. The molecule has 0 aliphatic carbocycles. The maximum atomic E-state index is 13.1. The highest BCUT2D eigenvalue weighted by Crippen LogP contribution is 2.29. The maximum absolute atomic E-state index is 13.1. The zero-order valence-electron chi connectivity index (χ0n) is 16.2. The molecule has 0 saturated heterocycles. The fourth-order valence-electron chi connectivity index (χ4n) is 3.26. The van der Waals surface area contributed by atoms with Crippen molar-refractivity contribution in [3.05, 3.63) is 101 Å². The molecule has 0 bridgehead atoms. The first kappa shape index (κ1) is 19.8. The number of hydrogen-bond donors (Lipinski definition) is 2. The summed E-state index contributed by atoms with van der Waals surface area (Å²) in [5.41, 5.74) is 8.71. The van der Waals surface area contributed by atoms with Gasteiger partial charge in [-0.05, 0) is 30.3 Å². The summed E-state index contributed by atoms with van der Waals surface area (Å²) in [7, 11) is 1.67. The molecule has 3 aromatic rings. The molecule has 0 fully saturated rings. The molecule has 0 aromatic heterocycles. The van der Waals surface area contributed by atoms with Crippen molar-refractivity contribution in [2.45, 2.75) is 6.17 Å². The number of benzodiazepines with no additional fused rings is 1. The third-order valence-corrected chi connectivity index (χ3v) is 5.04. The Balaban J connectivity index is 1.71. The summed E-state index contributed by atoms with van der Waals surface area (Å²) in [6, 6.07) is 23.6. The predicted octanol–water partition coefficient (Wildman–Crippen LogP) is 3.41. The van der Waals surface area contributed by atoms with E-state index in [2.05, 4.69) is 15.8 Å². The second-order valence-corrected chi connectivity index (χ2v) is 7.21. The Morgan fingerprint density at radius 3 is 2.37 bits per heavy atom. The van der Waals surface area contributed by atoms with Crippen LogP contribution in [-0.4, -0.2) is 30.7 Å². The van der Waals surface area contributed by atoms with Gasteiger partial charge in [0.1, 0.15) is 0 Å². The lowest BCUT2D eigenvalue weighted by Gasteiger charge is -2.21. The topological polar surface area (TPSA) is 73.8 Å². The molecule has 6 nitrogen and oxygen atoms in total. The quantitative estimate of drug-likeness (QED) is 0.637. The number of carbonyl (C=O) groups excluding carboxylic acids is 2. The van der Waals surface area contributed by atoms with Crippen molar-refractivity contribution < 1.29 is 9.59 Å². The second-order valence-electron chi connectivity index (χ2n) is 6.77. The average molecular weight is 419 g/mol. The number of hydrogen-bond acceptors (Lipinski definition) is 4. The summed E-state index contributed by atoms with van der Waals surface area (Å²) in [5, 5.41) is 0.544. The Bertz CT molecular complexity index is 1120. The molecule has 0 spiro atoms. The van der Waals surface area contributed by atoms with Crippen LogP contribution in [0.1, 0.15) is 21.5 Å².